The maximum Gasteiger partial charge on any atom is 0.224 e. The summed E-state index contributed by atoms with van der Waals surface area (Å²) in [6.07, 6.45) is 8.73. The summed E-state index contributed by atoms with van der Waals surface area (Å²) in [5.41, 5.74) is 3.23. The van der Waals surface area contributed by atoms with Crippen LogP contribution < -0.4 is 5.32 Å². The molecule has 2 fully saturated rings. The lowest BCUT2D eigenvalue weighted by Crippen LogP contribution is -2.45. The third-order valence-electron chi connectivity index (χ3n) is 6.65. The maximum absolute atomic E-state index is 12.9. The van der Waals surface area contributed by atoms with E-state index in [0.717, 1.165) is 34.6 Å². The molecule has 2 saturated heterocycles. The molecule has 3 unspecified atom stereocenters. The summed E-state index contributed by atoms with van der Waals surface area (Å²) in [4.78, 5) is 19.6. The first kappa shape index (κ1) is 19.4. The summed E-state index contributed by atoms with van der Waals surface area (Å²) in [7, 11) is 2.25. The van der Waals surface area contributed by atoms with Gasteiger partial charge in [0.05, 0.1) is 12.5 Å². The number of hydrogen-bond donors (Lipinski definition) is 1. The molecule has 0 radical (unpaired) electrons. The van der Waals surface area contributed by atoms with Gasteiger partial charge in [0, 0.05) is 29.5 Å². The highest BCUT2D eigenvalue weighted by Crippen LogP contribution is 2.42. The maximum atomic E-state index is 12.9. The fraction of sp³-hybridized carbons (Fsp3) is 0.478. The quantitative estimate of drug-likeness (QED) is 0.817. The predicted molar refractivity (Wildman–Crippen MR) is 112 cm³/mol. The van der Waals surface area contributed by atoms with Crippen molar-refractivity contribution in [1.29, 1.82) is 0 Å². The minimum absolute atomic E-state index is 0.0264. The highest BCUT2D eigenvalue weighted by Gasteiger charge is 2.41. The lowest BCUT2D eigenvalue weighted by molar-refractivity contribution is -0.121. The van der Waals surface area contributed by atoms with Crippen molar-refractivity contribution in [2.75, 3.05) is 7.05 Å². The van der Waals surface area contributed by atoms with Crippen LogP contribution in [0.1, 0.15) is 48.4 Å². The number of benzene rings is 1. The summed E-state index contributed by atoms with van der Waals surface area (Å²) in [5.74, 6) is 0.510. The molecule has 0 aliphatic carbocycles. The van der Waals surface area contributed by atoms with Gasteiger partial charge in [-0.15, -0.1) is 0 Å². The van der Waals surface area contributed by atoms with Gasteiger partial charge in [0.2, 0.25) is 5.91 Å². The van der Waals surface area contributed by atoms with Gasteiger partial charge >= 0.3 is 0 Å². The molecule has 0 saturated carbocycles. The van der Waals surface area contributed by atoms with Crippen LogP contribution in [0, 0.1) is 12.8 Å². The molecule has 2 aromatic rings. The first-order valence-electron chi connectivity index (χ1n) is 10.2. The second-order valence-electron chi connectivity index (χ2n) is 8.36. The summed E-state index contributed by atoms with van der Waals surface area (Å²) in [6.45, 7) is 2.02. The predicted octanol–water partition coefficient (Wildman–Crippen LogP) is 4.32. The van der Waals surface area contributed by atoms with Crippen LogP contribution in [0.4, 0.5) is 0 Å². The van der Waals surface area contributed by atoms with E-state index in [1.165, 1.54) is 12.8 Å². The molecule has 4 nitrogen and oxygen atoms in total. The van der Waals surface area contributed by atoms with Crippen molar-refractivity contribution in [3.8, 4) is 0 Å². The SMILES string of the molecule is Cc1ccncc1CC(=O)NC(c1ccc(Cl)cc1)C1CC2CCC(C1)N2C. The van der Waals surface area contributed by atoms with E-state index >= 15 is 0 Å². The van der Waals surface area contributed by atoms with E-state index in [2.05, 4.69) is 34.4 Å². The monoisotopic (exact) mass is 397 g/mol. The third kappa shape index (κ3) is 4.08. The smallest absolute Gasteiger partial charge is 0.224 e. The van der Waals surface area contributed by atoms with E-state index in [1.54, 1.807) is 12.4 Å². The standard InChI is InChI=1S/C23H28ClN3O/c1-15-9-10-25-14-18(15)13-22(28)26-23(16-3-5-19(24)6-4-16)17-11-20-7-8-21(12-17)27(20)2/h3-6,9-10,14,17,20-21,23H,7-8,11-13H2,1-2H3,(H,26,28). The molecule has 2 aliphatic rings. The topological polar surface area (TPSA) is 45.2 Å². The molecule has 1 amide bonds. The number of aromatic nitrogens is 1. The van der Waals surface area contributed by atoms with Crippen molar-refractivity contribution < 1.29 is 4.79 Å². The molecule has 2 bridgehead atoms. The van der Waals surface area contributed by atoms with E-state index in [1.807, 2.05) is 25.1 Å². The third-order valence-corrected chi connectivity index (χ3v) is 6.90. The Balaban J connectivity index is 1.54. The van der Waals surface area contributed by atoms with Gasteiger partial charge < -0.3 is 10.2 Å². The van der Waals surface area contributed by atoms with E-state index in [0.29, 0.717) is 24.4 Å². The van der Waals surface area contributed by atoms with Crippen molar-refractivity contribution in [3.63, 3.8) is 0 Å². The lowest BCUT2D eigenvalue weighted by Gasteiger charge is -2.40. The minimum atomic E-state index is 0.0264. The Kier molecular flexibility index (Phi) is 5.70. The van der Waals surface area contributed by atoms with Gasteiger partial charge in [-0.2, -0.15) is 0 Å². The number of nitrogens with zero attached hydrogens (tertiary/aromatic N) is 2. The summed E-state index contributed by atoms with van der Waals surface area (Å²) in [6, 6.07) is 11.2. The zero-order valence-corrected chi connectivity index (χ0v) is 17.3. The number of hydrogen-bond acceptors (Lipinski definition) is 3. The Labute approximate surface area is 172 Å². The molecule has 4 rings (SSSR count). The molecule has 1 aromatic heterocycles. The second kappa shape index (κ2) is 8.22. The summed E-state index contributed by atoms with van der Waals surface area (Å²) < 4.78 is 0. The number of carbonyl (C=O) groups is 1. The number of halogens is 1. The van der Waals surface area contributed by atoms with Crippen LogP contribution in [0.25, 0.3) is 0 Å². The second-order valence-corrected chi connectivity index (χ2v) is 8.79. The first-order chi connectivity index (χ1) is 13.5. The highest BCUT2D eigenvalue weighted by atomic mass is 35.5. The first-order valence-corrected chi connectivity index (χ1v) is 10.6. The zero-order valence-electron chi connectivity index (χ0n) is 16.6. The highest BCUT2D eigenvalue weighted by molar-refractivity contribution is 6.30. The Hall–Kier alpha value is -1.91. The van der Waals surface area contributed by atoms with Crippen LogP contribution in [-0.2, 0) is 11.2 Å². The summed E-state index contributed by atoms with van der Waals surface area (Å²) >= 11 is 6.11. The van der Waals surface area contributed by atoms with Crippen LogP contribution in [0.15, 0.2) is 42.7 Å². The van der Waals surface area contributed by atoms with Crippen LogP contribution >= 0.6 is 11.6 Å². The van der Waals surface area contributed by atoms with Crippen molar-refractivity contribution in [1.82, 2.24) is 15.2 Å². The van der Waals surface area contributed by atoms with Gasteiger partial charge in [-0.25, -0.2) is 0 Å². The average molecular weight is 398 g/mol. The molecule has 0 spiro atoms. The molecule has 2 aliphatic heterocycles. The Bertz CT molecular complexity index is 824. The van der Waals surface area contributed by atoms with E-state index in [9.17, 15) is 4.79 Å². The molecule has 1 N–H and O–H groups in total. The number of fused-ring (bicyclic) bond motifs is 2. The normalized spacial score (nSPS) is 25.5. The van der Waals surface area contributed by atoms with Gasteiger partial charge in [-0.05, 0) is 80.5 Å². The van der Waals surface area contributed by atoms with Gasteiger partial charge in [-0.3, -0.25) is 9.78 Å². The van der Waals surface area contributed by atoms with Gasteiger partial charge in [0.25, 0.3) is 0 Å². The molecule has 148 valence electrons. The molecular weight excluding hydrogens is 370 g/mol. The fourth-order valence-electron chi connectivity index (χ4n) is 4.95. The molecule has 1 aromatic carbocycles. The number of amides is 1. The van der Waals surface area contributed by atoms with Crippen LogP contribution in [0.3, 0.4) is 0 Å². The zero-order chi connectivity index (χ0) is 19.7. The minimum Gasteiger partial charge on any atom is -0.349 e. The van der Waals surface area contributed by atoms with Crippen molar-refractivity contribution in [3.05, 3.63) is 64.4 Å². The Morgan fingerprint density at radius 2 is 1.89 bits per heavy atom. The fourth-order valence-corrected chi connectivity index (χ4v) is 5.07. The molecule has 28 heavy (non-hydrogen) atoms. The van der Waals surface area contributed by atoms with Crippen molar-refractivity contribution in [2.24, 2.45) is 5.92 Å². The number of nitrogens with one attached hydrogen (secondary N) is 1. The van der Waals surface area contributed by atoms with Crippen LogP contribution in [0.2, 0.25) is 5.02 Å². The van der Waals surface area contributed by atoms with Gasteiger partial charge in [0.1, 0.15) is 0 Å². The number of piperidine rings is 1. The number of aryl methyl sites for hydroxylation is 1. The summed E-state index contributed by atoms with van der Waals surface area (Å²) in [5, 5.41) is 4.08. The number of rotatable bonds is 5. The van der Waals surface area contributed by atoms with E-state index in [-0.39, 0.29) is 11.9 Å². The van der Waals surface area contributed by atoms with Gasteiger partial charge in [-0.1, -0.05) is 23.7 Å². The Morgan fingerprint density at radius 3 is 2.54 bits per heavy atom. The van der Waals surface area contributed by atoms with E-state index in [4.69, 9.17) is 11.6 Å². The van der Waals surface area contributed by atoms with Crippen LogP contribution in [-0.4, -0.2) is 34.9 Å². The average Bonchev–Trinajstić information content (AvgIpc) is 2.89. The van der Waals surface area contributed by atoms with Crippen molar-refractivity contribution >= 4 is 17.5 Å². The number of pyridine rings is 1. The van der Waals surface area contributed by atoms with Crippen molar-refractivity contribution in [2.45, 2.75) is 57.2 Å². The molecule has 3 heterocycles. The van der Waals surface area contributed by atoms with E-state index < -0.39 is 0 Å². The molecular formula is C23H28ClN3O. The molecule has 3 atom stereocenters. The number of carbonyl (C=O) groups excluding carboxylic acids is 1. The lowest BCUT2D eigenvalue weighted by atomic mass is 9.82. The van der Waals surface area contributed by atoms with Gasteiger partial charge in [0.15, 0.2) is 0 Å². The molecule has 5 heteroatoms. The van der Waals surface area contributed by atoms with Crippen LogP contribution in [0.5, 0.6) is 0 Å². The largest absolute Gasteiger partial charge is 0.349 e. The Morgan fingerprint density at radius 1 is 1.21 bits per heavy atom.